The first-order chi connectivity index (χ1) is 4.79. The van der Waals surface area contributed by atoms with Crippen LogP contribution in [0.5, 0.6) is 0 Å². The minimum atomic E-state index is 0.127. The van der Waals surface area contributed by atoms with Crippen molar-refractivity contribution in [1.29, 1.82) is 10.5 Å². The van der Waals surface area contributed by atoms with Gasteiger partial charge in [-0.25, -0.2) is 0 Å². The summed E-state index contributed by atoms with van der Waals surface area (Å²) in [6.45, 7) is 3.47. The second-order valence-electron chi connectivity index (χ2n) is 1.37. The molecular formula is C7H6N2S. The molecule has 0 spiro atoms. The van der Waals surface area contributed by atoms with Crippen molar-refractivity contribution in [2.24, 2.45) is 0 Å². The second kappa shape index (κ2) is 4.67. The summed E-state index contributed by atoms with van der Waals surface area (Å²) in [5, 5.41) is 16.7. The van der Waals surface area contributed by atoms with E-state index in [0.717, 1.165) is 0 Å². The third-order valence-electron chi connectivity index (χ3n) is 0.875. The van der Waals surface area contributed by atoms with Crippen molar-refractivity contribution in [3.63, 3.8) is 0 Å². The lowest BCUT2D eigenvalue weighted by Crippen LogP contribution is -1.77. The number of nitrogens with zero attached hydrogens (tertiary/aromatic N) is 2. The molecule has 0 heterocycles. The molecule has 0 N–H and O–H groups in total. The topological polar surface area (TPSA) is 47.6 Å². The maximum atomic E-state index is 8.37. The first-order valence-corrected chi connectivity index (χ1v) is 3.73. The second-order valence-corrected chi connectivity index (χ2v) is 2.22. The Morgan fingerprint density at radius 3 is 2.10 bits per heavy atom. The number of nitriles is 2. The SMILES string of the molecule is C=CC(SC)=C(C#N)C#N. The molecule has 0 aliphatic carbocycles. The molecule has 0 rings (SSSR count). The fraction of sp³-hybridized carbons (Fsp3) is 0.143. The van der Waals surface area contributed by atoms with Crippen molar-refractivity contribution in [2.75, 3.05) is 6.26 Å². The van der Waals surface area contributed by atoms with Crippen LogP contribution in [0.15, 0.2) is 23.1 Å². The third kappa shape index (κ3) is 1.97. The highest BCUT2D eigenvalue weighted by atomic mass is 32.2. The van der Waals surface area contributed by atoms with E-state index in [-0.39, 0.29) is 5.57 Å². The fourth-order valence-electron chi connectivity index (χ4n) is 0.423. The van der Waals surface area contributed by atoms with Gasteiger partial charge in [0.05, 0.1) is 0 Å². The Kier molecular flexibility index (Phi) is 4.11. The highest BCUT2D eigenvalue weighted by Crippen LogP contribution is 2.16. The molecule has 0 aromatic rings. The van der Waals surface area contributed by atoms with Gasteiger partial charge in [-0.2, -0.15) is 10.5 Å². The molecule has 0 saturated carbocycles. The lowest BCUT2D eigenvalue weighted by atomic mass is 10.3. The largest absolute Gasteiger partial charge is 0.192 e. The molecule has 0 bridgehead atoms. The average molecular weight is 150 g/mol. The zero-order valence-corrected chi connectivity index (χ0v) is 6.40. The van der Waals surface area contributed by atoms with Crippen LogP contribution in [0.4, 0.5) is 0 Å². The van der Waals surface area contributed by atoms with Gasteiger partial charge in [0.25, 0.3) is 0 Å². The monoisotopic (exact) mass is 150 g/mol. The zero-order chi connectivity index (χ0) is 7.98. The van der Waals surface area contributed by atoms with E-state index in [2.05, 4.69) is 6.58 Å². The maximum absolute atomic E-state index is 8.37. The van der Waals surface area contributed by atoms with E-state index in [1.807, 2.05) is 0 Å². The molecule has 0 aliphatic rings. The molecular weight excluding hydrogens is 144 g/mol. The smallest absolute Gasteiger partial charge is 0.143 e. The number of hydrogen-bond acceptors (Lipinski definition) is 3. The molecule has 0 aromatic carbocycles. The standard InChI is InChI=1S/C7H6N2S/c1-3-7(10-2)6(4-8)5-9/h3H,1H2,2H3. The van der Waals surface area contributed by atoms with E-state index in [1.165, 1.54) is 17.8 Å². The third-order valence-corrected chi connectivity index (χ3v) is 1.69. The van der Waals surface area contributed by atoms with Crippen LogP contribution in [0.3, 0.4) is 0 Å². The summed E-state index contributed by atoms with van der Waals surface area (Å²) in [5.41, 5.74) is 0.127. The minimum absolute atomic E-state index is 0.127. The molecule has 0 unspecified atom stereocenters. The van der Waals surface area contributed by atoms with Crippen LogP contribution in [-0.4, -0.2) is 6.26 Å². The van der Waals surface area contributed by atoms with Gasteiger partial charge in [-0.1, -0.05) is 12.7 Å². The van der Waals surface area contributed by atoms with Crippen LogP contribution in [-0.2, 0) is 0 Å². The minimum Gasteiger partial charge on any atom is -0.192 e. The quantitative estimate of drug-likeness (QED) is 0.445. The Bertz CT molecular complexity index is 223. The molecule has 10 heavy (non-hydrogen) atoms. The number of thioether (sulfide) groups is 1. The summed E-state index contributed by atoms with van der Waals surface area (Å²) in [4.78, 5) is 0.630. The van der Waals surface area contributed by atoms with Crippen LogP contribution in [0.2, 0.25) is 0 Å². The van der Waals surface area contributed by atoms with E-state index >= 15 is 0 Å². The van der Waals surface area contributed by atoms with E-state index in [4.69, 9.17) is 10.5 Å². The van der Waals surface area contributed by atoms with Gasteiger partial charge in [0.2, 0.25) is 0 Å². The van der Waals surface area contributed by atoms with E-state index in [1.54, 1.807) is 18.4 Å². The highest BCUT2D eigenvalue weighted by Gasteiger charge is 1.98. The Hall–Kier alpha value is -1.19. The van der Waals surface area contributed by atoms with Gasteiger partial charge in [0.15, 0.2) is 0 Å². The Labute approximate surface area is 64.5 Å². The molecule has 0 amide bonds. The van der Waals surface area contributed by atoms with E-state index in [0.29, 0.717) is 4.91 Å². The van der Waals surface area contributed by atoms with Crippen LogP contribution < -0.4 is 0 Å². The summed E-state index contributed by atoms with van der Waals surface area (Å²) in [6.07, 6.45) is 3.30. The lowest BCUT2D eigenvalue weighted by Gasteiger charge is -1.91. The predicted molar refractivity (Wildman–Crippen MR) is 42.0 cm³/mol. The van der Waals surface area contributed by atoms with Gasteiger partial charge in [-0.15, -0.1) is 11.8 Å². The van der Waals surface area contributed by atoms with Crippen molar-refractivity contribution in [1.82, 2.24) is 0 Å². The number of hydrogen-bond donors (Lipinski definition) is 0. The van der Waals surface area contributed by atoms with Crippen molar-refractivity contribution in [2.45, 2.75) is 0 Å². The summed E-state index contributed by atoms with van der Waals surface area (Å²) >= 11 is 1.34. The fourth-order valence-corrected chi connectivity index (χ4v) is 0.885. The van der Waals surface area contributed by atoms with Gasteiger partial charge in [-0.3, -0.25) is 0 Å². The summed E-state index contributed by atoms with van der Waals surface area (Å²) in [7, 11) is 0. The van der Waals surface area contributed by atoms with Crippen molar-refractivity contribution >= 4 is 11.8 Å². The molecule has 0 aliphatic heterocycles. The van der Waals surface area contributed by atoms with E-state index in [9.17, 15) is 0 Å². The van der Waals surface area contributed by atoms with Crippen molar-refractivity contribution in [3.8, 4) is 12.1 Å². The van der Waals surface area contributed by atoms with Gasteiger partial charge in [0, 0.05) is 4.91 Å². The summed E-state index contributed by atoms with van der Waals surface area (Å²) in [6, 6.07) is 3.56. The molecule has 0 saturated heterocycles. The van der Waals surface area contributed by atoms with Crippen LogP contribution in [0.1, 0.15) is 0 Å². The van der Waals surface area contributed by atoms with Gasteiger partial charge in [-0.05, 0) is 6.26 Å². The van der Waals surface area contributed by atoms with Gasteiger partial charge < -0.3 is 0 Å². The number of allylic oxidation sites excluding steroid dienone is 2. The van der Waals surface area contributed by atoms with Crippen LogP contribution in [0, 0.1) is 22.7 Å². The molecule has 2 nitrogen and oxygen atoms in total. The molecule has 0 aromatic heterocycles. The maximum Gasteiger partial charge on any atom is 0.143 e. The molecule has 3 heteroatoms. The molecule has 0 atom stereocenters. The van der Waals surface area contributed by atoms with E-state index < -0.39 is 0 Å². The number of rotatable bonds is 2. The van der Waals surface area contributed by atoms with Crippen molar-refractivity contribution in [3.05, 3.63) is 23.1 Å². The van der Waals surface area contributed by atoms with Crippen molar-refractivity contribution < 1.29 is 0 Å². The lowest BCUT2D eigenvalue weighted by molar-refractivity contribution is 1.46. The average Bonchev–Trinajstić information content (AvgIpc) is 2.00. The highest BCUT2D eigenvalue weighted by molar-refractivity contribution is 8.02. The first-order valence-electron chi connectivity index (χ1n) is 2.51. The first kappa shape index (κ1) is 8.81. The zero-order valence-electron chi connectivity index (χ0n) is 5.59. The molecule has 50 valence electrons. The van der Waals surface area contributed by atoms with Crippen LogP contribution >= 0.6 is 11.8 Å². The molecule has 0 fully saturated rings. The Balaban J connectivity index is 4.79. The van der Waals surface area contributed by atoms with Crippen LogP contribution in [0.25, 0.3) is 0 Å². The van der Waals surface area contributed by atoms with Gasteiger partial charge >= 0.3 is 0 Å². The molecule has 0 radical (unpaired) electrons. The Morgan fingerprint density at radius 1 is 1.50 bits per heavy atom. The predicted octanol–water partition coefficient (Wildman–Crippen LogP) is 1.84. The van der Waals surface area contributed by atoms with Gasteiger partial charge in [0.1, 0.15) is 17.7 Å². The summed E-state index contributed by atoms with van der Waals surface area (Å²) < 4.78 is 0. The Morgan fingerprint density at radius 2 is 2.00 bits per heavy atom. The normalized spacial score (nSPS) is 7.10. The summed E-state index contributed by atoms with van der Waals surface area (Å²) in [5.74, 6) is 0.